The molecule has 0 aliphatic carbocycles. The van der Waals surface area contributed by atoms with Gasteiger partial charge in [0.05, 0.1) is 6.07 Å². The number of nitriles is 1. The lowest BCUT2D eigenvalue weighted by Gasteiger charge is -1.99. The molecule has 0 aliphatic rings. The number of nitrogens with zero attached hydrogens (tertiary/aromatic N) is 2. The number of hydrogen-bond acceptors (Lipinski definition) is 4. The van der Waals surface area contributed by atoms with Crippen LogP contribution in [0.5, 0.6) is 0 Å². The molecule has 1 rings (SSSR count). The summed E-state index contributed by atoms with van der Waals surface area (Å²) in [6, 6.07) is 1.55. The number of carbonyl (C=O) groups is 1. The molecule has 0 aromatic carbocycles. The molecule has 1 aromatic heterocycles. The van der Waals surface area contributed by atoms with E-state index < -0.39 is 24.1 Å². The molecule has 0 unspecified atom stereocenters. The first kappa shape index (κ1) is 10.7. The minimum Gasteiger partial charge on any atom is -0.290 e. The second-order valence-corrected chi connectivity index (χ2v) is 3.15. The van der Waals surface area contributed by atoms with E-state index in [2.05, 4.69) is 4.98 Å². The zero-order valence-corrected chi connectivity index (χ0v) is 7.45. The molecular weight excluding hydrogens is 217 g/mol. The minimum absolute atomic E-state index is 0.279. The monoisotopic (exact) mass is 220 g/mol. The predicted molar refractivity (Wildman–Crippen MR) is 41.7 cm³/mol. The third-order valence-corrected chi connectivity index (χ3v) is 2.16. The highest BCUT2D eigenvalue weighted by atomic mass is 32.1. The van der Waals surface area contributed by atoms with Crippen LogP contribution in [0.2, 0.25) is 0 Å². The Hall–Kier alpha value is -1.42. The summed E-state index contributed by atoms with van der Waals surface area (Å²) in [5.74, 6) is -0.687. The highest BCUT2D eigenvalue weighted by Gasteiger charge is 2.34. The molecule has 0 spiro atoms. The van der Waals surface area contributed by atoms with E-state index in [-0.39, 0.29) is 5.01 Å². The van der Waals surface area contributed by atoms with Crippen LogP contribution in [0, 0.1) is 11.3 Å². The third kappa shape index (κ3) is 2.29. The van der Waals surface area contributed by atoms with Crippen molar-refractivity contribution in [2.45, 2.75) is 12.6 Å². The van der Waals surface area contributed by atoms with E-state index in [9.17, 15) is 18.0 Å². The van der Waals surface area contributed by atoms with Crippen LogP contribution >= 0.6 is 11.3 Å². The average Bonchev–Trinajstić information content (AvgIpc) is 2.51. The lowest BCUT2D eigenvalue weighted by atomic mass is 10.3. The molecule has 1 heterocycles. The first-order chi connectivity index (χ1) is 6.45. The van der Waals surface area contributed by atoms with Gasteiger partial charge in [0, 0.05) is 5.38 Å². The number of ketones is 1. The Balaban J connectivity index is 2.90. The summed E-state index contributed by atoms with van der Waals surface area (Å²) < 4.78 is 36.1. The summed E-state index contributed by atoms with van der Waals surface area (Å²) in [7, 11) is 0. The van der Waals surface area contributed by atoms with E-state index in [1.165, 1.54) is 0 Å². The summed E-state index contributed by atoms with van der Waals surface area (Å²) in [5.41, 5.74) is -1.09. The Morgan fingerprint density at radius 1 is 1.64 bits per heavy atom. The normalized spacial score (nSPS) is 11.0. The van der Waals surface area contributed by atoms with Crippen LogP contribution < -0.4 is 0 Å². The molecule has 0 radical (unpaired) electrons. The number of aromatic nitrogens is 1. The van der Waals surface area contributed by atoms with E-state index in [1.54, 1.807) is 6.07 Å². The van der Waals surface area contributed by atoms with Gasteiger partial charge in [-0.2, -0.15) is 18.4 Å². The van der Waals surface area contributed by atoms with Crippen molar-refractivity contribution >= 4 is 17.1 Å². The lowest BCUT2D eigenvalue weighted by molar-refractivity contribution is -0.140. The van der Waals surface area contributed by atoms with Gasteiger partial charge in [-0.1, -0.05) is 0 Å². The molecule has 0 saturated heterocycles. The molecule has 0 amide bonds. The van der Waals surface area contributed by atoms with Gasteiger partial charge in [-0.15, -0.1) is 11.3 Å². The minimum atomic E-state index is -4.54. The van der Waals surface area contributed by atoms with Crippen LogP contribution in [0.25, 0.3) is 0 Å². The first-order valence-corrected chi connectivity index (χ1v) is 4.26. The highest BCUT2D eigenvalue weighted by Crippen LogP contribution is 2.30. The van der Waals surface area contributed by atoms with E-state index in [1.807, 2.05) is 0 Å². The van der Waals surface area contributed by atoms with Crippen LogP contribution in [-0.2, 0) is 6.18 Å². The summed E-state index contributed by atoms with van der Waals surface area (Å²) in [4.78, 5) is 14.0. The van der Waals surface area contributed by atoms with Gasteiger partial charge in [-0.3, -0.25) is 4.79 Å². The average molecular weight is 220 g/mol. The van der Waals surface area contributed by atoms with Gasteiger partial charge in [0.25, 0.3) is 0 Å². The van der Waals surface area contributed by atoms with Crippen molar-refractivity contribution in [2.24, 2.45) is 0 Å². The van der Waals surface area contributed by atoms with Crippen molar-refractivity contribution in [3.8, 4) is 6.07 Å². The largest absolute Gasteiger partial charge is 0.434 e. The summed E-state index contributed by atoms with van der Waals surface area (Å²) in [6.07, 6.45) is -4.99. The molecular formula is C7H3F3N2OS. The van der Waals surface area contributed by atoms with Crippen LogP contribution in [0.4, 0.5) is 13.2 Å². The van der Waals surface area contributed by atoms with Crippen molar-refractivity contribution in [1.29, 1.82) is 5.26 Å². The van der Waals surface area contributed by atoms with Crippen LogP contribution in [-0.4, -0.2) is 10.8 Å². The molecule has 0 saturated carbocycles. The van der Waals surface area contributed by atoms with Gasteiger partial charge in [-0.25, -0.2) is 4.98 Å². The number of alkyl halides is 3. The maximum absolute atomic E-state index is 12.0. The SMILES string of the molecule is N#CCC(=O)c1nc(C(F)(F)F)cs1. The van der Waals surface area contributed by atoms with Crippen molar-refractivity contribution in [2.75, 3.05) is 0 Å². The number of carbonyl (C=O) groups excluding carboxylic acids is 1. The van der Waals surface area contributed by atoms with E-state index >= 15 is 0 Å². The van der Waals surface area contributed by atoms with E-state index in [0.717, 1.165) is 5.38 Å². The second kappa shape index (κ2) is 3.75. The molecule has 1 aromatic rings. The molecule has 74 valence electrons. The standard InChI is InChI=1S/C7H3F3N2OS/c8-7(9,10)5-3-14-6(12-5)4(13)1-2-11/h3H,1H2. The summed E-state index contributed by atoms with van der Waals surface area (Å²) in [6.45, 7) is 0. The lowest BCUT2D eigenvalue weighted by Crippen LogP contribution is -2.06. The topological polar surface area (TPSA) is 53.8 Å². The Labute approximate surface area is 80.8 Å². The predicted octanol–water partition coefficient (Wildman–Crippen LogP) is 2.26. The summed E-state index contributed by atoms with van der Waals surface area (Å²) >= 11 is 0.593. The van der Waals surface area contributed by atoms with Crippen LogP contribution in [0.3, 0.4) is 0 Å². The van der Waals surface area contributed by atoms with Crippen LogP contribution in [0.15, 0.2) is 5.38 Å². The number of halogens is 3. The number of rotatable bonds is 2. The van der Waals surface area contributed by atoms with Gasteiger partial charge >= 0.3 is 6.18 Å². The molecule has 0 fully saturated rings. The fraction of sp³-hybridized carbons (Fsp3) is 0.286. The fourth-order valence-corrected chi connectivity index (χ4v) is 1.44. The quantitative estimate of drug-likeness (QED) is 0.718. The highest BCUT2D eigenvalue weighted by molar-refractivity contribution is 7.11. The van der Waals surface area contributed by atoms with Crippen LogP contribution in [0.1, 0.15) is 21.9 Å². The van der Waals surface area contributed by atoms with Crippen molar-refractivity contribution < 1.29 is 18.0 Å². The molecule has 7 heteroatoms. The Bertz CT molecular complexity index is 390. The van der Waals surface area contributed by atoms with Gasteiger partial charge in [0.1, 0.15) is 6.42 Å². The number of hydrogen-bond donors (Lipinski definition) is 0. The molecule has 14 heavy (non-hydrogen) atoms. The Morgan fingerprint density at radius 3 is 2.71 bits per heavy atom. The second-order valence-electron chi connectivity index (χ2n) is 2.29. The fourth-order valence-electron chi connectivity index (χ4n) is 0.679. The smallest absolute Gasteiger partial charge is 0.290 e. The molecule has 0 bridgehead atoms. The molecule has 0 atom stereocenters. The third-order valence-electron chi connectivity index (χ3n) is 1.27. The van der Waals surface area contributed by atoms with E-state index in [4.69, 9.17) is 5.26 Å². The molecule has 0 aliphatic heterocycles. The van der Waals surface area contributed by atoms with Gasteiger partial charge in [0.15, 0.2) is 10.7 Å². The van der Waals surface area contributed by atoms with Gasteiger partial charge in [-0.05, 0) is 0 Å². The Kier molecular flexibility index (Phi) is 2.86. The molecule has 3 nitrogen and oxygen atoms in total. The van der Waals surface area contributed by atoms with Gasteiger partial charge in [0.2, 0.25) is 5.78 Å². The number of Topliss-reactive ketones (excluding diaryl/α,β-unsaturated/α-hetero) is 1. The van der Waals surface area contributed by atoms with Crippen molar-refractivity contribution in [3.63, 3.8) is 0 Å². The maximum atomic E-state index is 12.0. The summed E-state index contributed by atoms with van der Waals surface area (Å²) in [5, 5.41) is 8.62. The zero-order valence-electron chi connectivity index (χ0n) is 6.63. The Morgan fingerprint density at radius 2 is 2.29 bits per heavy atom. The first-order valence-electron chi connectivity index (χ1n) is 3.38. The maximum Gasteiger partial charge on any atom is 0.434 e. The number of thiazole rings is 1. The van der Waals surface area contributed by atoms with Crippen molar-refractivity contribution in [3.05, 3.63) is 16.1 Å². The molecule has 0 N–H and O–H groups in total. The zero-order chi connectivity index (χ0) is 10.8. The van der Waals surface area contributed by atoms with Crippen molar-refractivity contribution in [1.82, 2.24) is 4.98 Å². The van der Waals surface area contributed by atoms with Gasteiger partial charge < -0.3 is 0 Å². The van der Waals surface area contributed by atoms with E-state index in [0.29, 0.717) is 11.3 Å².